The molecule has 1 radical (unpaired) electrons. The summed E-state index contributed by atoms with van der Waals surface area (Å²) in [5.74, 6) is -0.751. The number of benzene rings is 5. The van der Waals surface area contributed by atoms with E-state index in [4.69, 9.17) is 10.2 Å². The van der Waals surface area contributed by atoms with E-state index in [9.17, 15) is 0 Å². The average molecular weight is 872 g/mol. The zero-order valence-corrected chi connectivity index (χ0v) is 33.1. The second-order valence-electron chi connectivity index (χ2n) is 14.1. The number of rotatable bonds is 5. The summed E-state index contributed by atoms with van der Waals surface area (Å²) in [5, 5.41) is 5.44. The maximum atomic E-state index is 8.51. The maximum absolute atomic E-state index is 8.51. The molecular weight excluding hydrogens is 833 g/mol. The Morgan fingerprint density at radius 1 is 0.692 bits per heavy atom. The SMILES string of the molecule is C[Si](C)(C)c1ccc(-c2[c-]cccc2)nc1.[2H]C(C)(C)c1ccnc(-c2[c-]c3oc4ccccc4c3c3c2oc2cc(-c4ccccc4)ccc23)c1.[Ir]. The van der Waals surface area contributed by atoms with Gasteiger partial charge in [-0.25, -0.2) is 0 Å². The van der Waals surface area contributed by atoms with E-state index in [1.165, 1.54) is 5.19 Å². The first kappa shape index (κ1) is 34.0. The van der Waals surface area contributed by atoms with Crippen LogP contribution in [0.15, 0.2) is 143 Å². The third kappa shape index (κ3) is 6.78. The van der Waals surface area contributed by atoms with Crippen molar-refractivity contribution >= 4 is 57.1 Å². The van der Waals surface area contributed by atoms with Crippen LogP contribution in [-0.4, -0.2) is 18.0 Å². The van der Waals surface area contributed by atoms with Crippen LogP contribution in [-0.2, 0) is 20.1 Å². The molecule has 9 aromatic rings. The molecule has 9 rings (SSSR count). The Balaban J connectivity index is 0.000000216. The Morgan fingerprint density at radius 2 is 1.46 bits per heavy atom. The van der Waals surface area contributed by atoms with Gasteiger partial charge < -0.3 is 18.8 Å². The van der Waals surface area contributed by atoms with Gasteiger partial charge in [-0.05, 0) is 68.0 Å². The van der Waals surface area contributed by atoms with Crippen molar-refractivity contribution in [2.24, 2.45) is 0 Å². The van der Waals surface area contributed by atoms with Crippen molar-refractivity contribution in [1.29, 1.82) is 0 Å². The molecule has 259 valence electrons. The van der Waals surface area contributed by atoms with Crippen LogP contribution in [0.5, 0.6) is 0 Å². The van der Waals surface area contributed by atoms with E-state index in [1.807, 2.05) is 92.8 Å². The number of aromatic nitrogens is 2. The summed E-state index contributed by atoms with van der Waals surface area (Å²) in [5.41, 5.74) is 9.63. The van der Waals surface area contributed by atoms with Gasteiger partial charge in [0, 0.05) is 39.3 Å². The van der Waals surface area contributed by atoms with Gasteiger partial charge in [0.25, 0.3) is 0 Å². The molecule has 0 aliphatic rings. The Hall–Kier alpha value is -5.13. The second kappa shape index (κ2) is 14.5. The van der Waals surface area contributed by atoms with Crippen molar-refractivity contribution in [3.8, 4) is 33.6 Å². The summed E-state index contributed by atoms with van der Waals surface area (Å²) < 4.78 is 21.4. The van der Waals surface area contributed by atoms with E-state index in [1.54, 1.807) is 6.20 Å². The molecule has 0 atom stereocenters. The number of nitrogens with zero attached hydrogens (tertiary/aromatic N) is 2. The van der Waals surface area contributed by atoms with Crippen molar-refractivity contribution < 1.29 is 30.3 Å². The summed E-state index contributed by atoms with van der Waals surface area (Å²) in [6, 6.07) is 47.5. The van der Waals surface area contributed by atoms with Crippen LogP contribution >= 0.6 is 0 Å². The Morgan fingerprint density at radius 3 is 2.19 bits per heavy atom. The fourth-order valence-corrected chi connectivity index (χ4v) is 7.53. The number of fused-ring (bicyclic) bond motifs is 7. The normalized spacial score (nSPS) is 12.1. The molecule has 4 heterocycles. The fraction of sp³-hybridized carbons (Fsp3) is 0.130. The van der Waals surface area contributed by atoms with Crippen molar-refractivity contribution in [2.75, 3.05) is 0 Å². The van der Waals surface area contributed by atoms with Gasteiger partial charge in [0.15, 0.2) is 0 Å². The summed E-state index contributed by atoms with van der Waals surface area (Å²) in [4.78, 5) is 9.17. The zero-order chi connectivity index (χ0) is 36.0. The molecule has 4 aromatic heterocycles. The van der Waals surface area contributed by atoms with Crippen LogP contribution in [0.2, 0.25) is 19.6 Å². The van der Waals surface area contributed by atoms with Crippen LogP contribution in [0, 0.1) is 12.1 Å². The Labute approximate surface area is 320 Å². The molecule has 0 bridgehead atoms. The summed E-state index contributed by atoms with van der Waals surface area (Å²) in [6.45, 7) is 10.7. The fourth-order valence-electron chi connectivity index (χ4n) is 6.49. The zero-order valence-electron chi connectivity index (χ0n) is 30.7. The quantitative estimate of drug-likeness (QED) is 0.128. The van der Waals surface area contributed by atoms with Crippen LogP contribution < -0.4 is 5.19 Å². The van der Waals surface area contributed by atoms with E-state index in [2.05, 4.69) is 90.3 Å². The van der Waals surface area contributed by atoms with Crippen LogP contribution in [0.1, 0.15) is 26.7 Å². The number of furan rings is 2. The second-order valence-corrected chi connectivity index (χ2v) is 19.2. The number of hydrogen-bond donors (Lipinski definition) is 0. The minimum atomic E-state index is -1.23. The molecule has 0 saturated carbocycles. The minimum absolute atomic E-state index is 0. The van der Waals surface area contributed by atoms with Gasteiger partial charge >= 0.3 is 0 Å². The van der Waals surface area contributed by atoms with E-state index in [-0.39, 0.29) is 20.1 Å². The summed E-state index contributed by atoms with van der Waals surface area (Å²) in [7, 11) is -1.23. The van der Waals surface area contributed by atoms with Crippen molar-refractivity contribution in [1.82, 2.24) is 9.97 Å². The monoisotopic (exact) mass is 872 g/mol. The predicted octanol–water partition coefficient (Wildman–Crippen LogP) is 12.2. The number of para-hydroxylation sites is 1. The molecule has 0 N–H and O–H groups in total. The van der Waals surface area contributed by atoms with Crippen molar-refractivity contribution in [2.45, 2.75) is 39.4 Å². The van der Waals surface area contributed by atoms with Crippen molar-refractivity contribution in [3.63, 3.8) is 0 Å². The summed E-state index contributed by atoms with van der Waals surface area (Å²) in [6.07, 6.45) is 3.77. The molecule has 5 aromatic carbocycles. The van der Waals surface area contributed by atoms with Gasteiger partial charge in [-0.15, -0.1) is 35.9 Å². The molecule has 0 aliphatic carbocycles. The third-order valence-corrected chi connectivity index (χ3v) is 11.3. The van der Waals surface area contributed by atoms with Crippen molar-refractivity contribution in [3.05, 3.63) is 151 Å². The van der Waals surface area contributed by atoms with Gasteiger partial charge in [-0.3, -0.25) is 0 Å². The molecule has 0 amide bonds. The minimum Gasteiger partial charge on any atom is -0.501 e. The first-order valence-corrected chi connectivity index (χ1v) is 20.7. The molecule has 52 heavy (non-hydrogen) atoms. The average Bonchev–Trinajstić information content (AvgIpc) is 3.73. The standard InChI is InChI=1S/C32H22NO2.C14H16NSi.Ir/c1-19(2)21-14-15-33-26(16-21)25-18-29-30(23-10-6-7-11-27(23)34-29)31-24-13-12-22(17-28(24)35-32(25)31)20-8-4-3-5-9-20;1-16(2,3)13-9-10-14(15-11-13)12-7-5-4-6-8-12;/h3-17,19H,1-2H3;4-7,9-11H,1-3H3;/q2*-1;/i19D;;. The Bertz CT molecular complexity index is 2690. The number of hydrogen-bond acceptors (Lipinski definition) is 4. The molecule has 0 saturated heterocycles. The van der Waals surface area contributed by atoms with Gasteiger partial charge in [0.1, 0.15) is 11.2 Å². The largest absolute Gasteiger partial charge is 0.501 e. The van der Waals surface area contributed by atoms with E-state index in [0.29, 0.717) is 11.3 Å². The molecule has 0 fully saturated rings. The van der Waals surface area contributed by atoms with Crippen LogP contribution in [0.25, 0.3) is 77.5 Å². The first-order chi connectivity index (χ1) is 25.0. The molecular formula is C46H38IrN2O2Si-2. The molecule has 6 heteroatoms. The maximum Gasteiger partial charge on any atom is 0.123 e. The molecule has 0 spiro atoms. The van der Waals surface area contributed by atoms with Gasteiger partial charge in [-0.2, -0.15) is 0 Å². The van der Waals surface area contributed by atoms with Crippen LogP contribution in [0.3, 0.4) is 0 Å². The smallest absolute Gasteiger partial charge is 0.123 e. The third-order valence-electron chi connectivity index (χ3n) is 9.32. The van der Waals surface area contributed by atoms with E-state index >= 15 is 0 Å². The van der Waals surface area contributed by atoms with E-state index < -0.39 is 14.0 Å². The summed E-state index contributed by atoms with van der Waals surface area (Å²) >= 11 is 0. The molecule has 0 unspecified atom stereocenters. The predicted molar refractivity (Wildman–Crippen MR) is 214 cm³/mol. The molecule has 0 aliphatic heterocycles. The first-order valence-electron chi connectivity index (χ1n) is 17.7. The Kier molecular flexibility index (Phi) is 9.46. The van der Waals surface area contributed by atoms with Crippen LogP contribution in [0.4, 0.5) is 0 Å². The van der Waals surface area contributed by atoms with E-state index in [0.717, 1.165) is 71.8 Å². The van der Waals surface area contributed by atoms with Gasteiger partial charge in [0.05, 0.1) is 19.2 Å². The van der Waals surface area contributed by atoms with Gasteiger partial charge in [0.2, 0.25) is 0 Å². The topological polar surface area (TPSA) is 52.1 Å². The number of pyridine rings is 2. The van der Waals surface area contributed by atoms with Gasteiger partial charge in [-0.1, -0.05) is 130 Å². The molecule has 4 nitrogen and oxygen atoms in total.